The van der Waals surface area contributed by atoms with Crippen LogP contribution in [0, 0.1) is 38.6 Å². The van der Waals surface area contributed by atoms with E-state index >= 15 is 0 Å². The van der Waals surface area contributed by atoms with Crippen LogP contribution in [0.15, 0.2) is 0 Å². The van der Waals surface area contributed by atoms with Gasteiger partial charge in [0.05, 0.1) is 8.41 Å². The fourth-order valence-electron chi connectivity index (χ4n) is 0. The maximum absolute atomic E-state index is 0. The Hall–Kier alpha value is 4.48. The van der Waals surface area contributed by atoms with E-state index in [1.807, 2.05) is 0 Å². The number of rotatable bonds is 0. The van der Waals surface area contributed by atoms with Crippen molar-refractivity contribution < 1.29 is 137 Å². The molecule has 0 saturated carbocycles. The smallest absolute Gasteiger partial charge is 0 e. The van der Waals surface area contributed by atoms with Crippen LogP contribution in [-0.4, -0.2) is 8.41 Å². The molecule has 0 aliphatic heterocycles. The molecule has 0 amide bonds. The van der Waals surface area contributed by atoms with Crippen molar-refractivity contribution in [3.05, 3.63) is 0 Å². The van der Waals surface area contributed by atoms with Crippen LogP contribution in [0.25, 0.3) is 0 Å². The van der Waals surface area contributed by atoms with Crippen LogP contribution in [-0.2, 0) is 98.0 Å². The minimum absolute atomic E-state index is 0. The van der Waals surface area contributed by atoms with Crippen molar-refractivity contribution in [2.75, 3.05) is 0 Å². The van der Waals surface area contributed by atoms with Gasteiger partial charge in [-0.25, -0.2) is 0 Å². The van der Waals surface area contributed by atoms with E-state index in [4.69, 9.17) is 0 Å². The van der Waals surface area contributed by atoms with Gasteiger partial charge in [0.1, 0.15) is 0 Å². The van der Waals surface area contributed by atoms with E-state index in [0.717, 1.165) is 0 Å². The Morgan fingerprint density at radius 3 is 1.00 bits per heavy atom. The summed E-state index contributed by atoms with van der Waals surface area (Å²) in [5.41, 5.74) is 0. The first-order valence-electron chi connectivity index (χ1n) is 0. The zero-order valence-electron chi connectivity index (χ0n) is 2.22. The second kappa shape index (κ2) is 46.9. The van der Waals surface area contributed by atoms with E-state index in [1.54, 1.807) is 0 Å². The Bertz CT molecular complexity index is 19.7. The van der Waals surface area contributed by atoms with Crippen LogP contribution in [0.3, 0.4) is 0 Å². The summed E-state index contributed by atoms with van der Waals surface area (Å²) >= 11 is 0. The van der Waals surface area contributed by atoms with Crippen molar-refractivity contribution in [3.8, 4) is 0 Å². The molecule has 7 heteroatoms. The summed E-state index contributed by atoms with van der Waals surface area (Å²) in [6, 6.07) is 0. The first-order valence-corrected chi connectivity index (χ1v) is 0. The van der Waals surface area contributed by atoms with Crippen LogP contribution in [0.4, 0.5) is 0 Å². The molecule has 0 heterocycles. The molecular formula is H3BCoCrPtReTaTb. The Kier molecular flexibility index (Phi) is 421. The summed E-state index contributed by atoms with van der Waals surface area (Å²) in [4.78, 5) is 0. The summed E-state index contributed by atoms with van der Waals surface area (Å²) < 4.78 is 0. The standard InChI is InChI=1S/BH3.Co.Cr.Pt.Re.Ta.Tb/h1H3;;;;;;. The molecule has 0 unspecified atom stereocenters. The van der Waals surface area contributed by atoms with Gasteiger partial charge in [-0.05, 0) is 0 Å². The van der Waals surface area contributed by atoms with Crippen molar-refractivity contribution >= 4 is 8.41 Å². The van der Waals surface area contributed by atoms with Crippen LogP contribution in [0.5, 0.6) is 0 Å². The van der Waals surface area contributed by atoms with Crippen molar-refractivity contribution in [1.82, 2.24) is 0 Å². The molecule has 0 bridgehead atoms. The SMILES string of the molecule is B.[Co].[Cr].[Pt].[Re].[Ta].[Tb]. The van der Waals surface area contributed by atoms with E-state index in [0.29, 0.717) is 0 Å². The molecule has 0 aromatic heterocycles. The van der Waals surface area contributed by atoms with Crippen LogP contribution in [0.1, 0.15) is 0 Å². The molecule has 7 heavy (non-hydrogen) atoms. The Labute approximate surface area is 142 Å². The fraction of sp³-hybridized carbons (Fsp3) is 0. The van der Waals surface area contributed by atoms with Gasteiger partial charge in [0.25, 0.3) is 0 Å². The molecule has 4 radical (unpaired) electrons. The Morgan fingerprint density at radius 2 is 1.00 bits per heavy atom. The molecule has 0 saturated heterocycles. The van der Waals surface area contributed by atoms with Gasteiger partial charge in [-0.1, -0.05) is 0 Å². The molecule has 52 valence electrons. The first-order chi connectivity index (χ1) is 0. The Balaban J connectivity index is 0. The van der Waals surface area contributed by atoms with Crippen molar-refractivity contribution in [3.63, 3.8) is 0 Å². The molecule has 0 nitrogen and oxygen atoms in total. The zero-order chi connectivity index (χ0) is 0. The van der Waals surface area contributed by atoms with Crippen molar-refractivity contribution in [1.29, 1.82) is 0 Å². The summed E-state index contributed by atoms with van der Waals surface area (Å²) in [6.07, 6.45) is 0. The van der Waals surface area contributed by atoms with E-state index in [-0.39, 0.29) is 145 Å². The predicted molar refractivity (Wildman–Crippen MR) is 9.94 cm³/mol. The van der Waals surface area contributed by atoms with Crippen LogP contribution < -0.4 is 0 Å². The molecule has 0 aliphatic carbocycles. The molecule has 0 rings (SSSR count). The van der Waals surface area contributed by atoms with Gasteiger partial charge < -0.3 is 0 Å². The molecule has 0 aromatic rings. The van der Waals surface area contributed by atoms with Gasteiger partial charge in [0.15, 0.2) is 0 Å². The minimum Gasteiger partial charge on any atom is 0 e. The van der Waals surface area contributed by atoms with Gasteiger partial charge in [0.2, 0.25) is 0 Å². The maximum Gasteiger partial charge on any atom is 0.0814 e. The summed E-state index contributed by atoms with van der Waals surface area (Å²) in [5, 5.41) is 0. The summed E-state index contributed by atoms with van der Waals surface area (Å²) in [7, 11) is 0. The quantitative estimate of drug-likeness (QED) is 0.270. The normalized spacial score (nSPS) is 0. The van der Waals surface area contributed by atoms with Gasteiger partial charge in [-0.2, -0.15) is 0 Å². The topological polar surface area (TPSA) is 0 Å². The molecule has 0 atom stereocenters. The largest absolute Gasteiger partial charge is 0.0814 e. The van der Waals surface area contributed by atoms with Gasteiger partial charge >= 0.3 is 0 Å². The second-order valence-electron chi connectivity index (χ2n) is 0. The average Bonchev–Trinajstić information content (AvgIpc) is 0. The Morgan fingerprint density at radius 1 is 1.00 bits per heavy atom. The van der Waals surface area contributed by atoms with Gasteiger partial charge in [-0.3, -0.25) is 0 Å². The number of hydrogen-bond donors (Lipinski definition) is 0. The van der Waals surface area contributed by atoms with Crippen LogP contribution in [0.2, 0.25) is 0 Å². The maximum atomic E-state index is 0. The summed E-state index contributed by atoms with van der Waals surface area (Å²) in [6.45, 7) is 0. The zero-order valence-corrected chi connectivity index (χ0v) is 14.9. The fourth-order valence-corrected chi connectivity index (χ4v) is 0. The molecule has 0 spiro atoms. The van der Waals surface area contributed by atoms with E-state index in [2.05, 4.69) is 0 Å². The third-order valence-corrected chi connectivity index (χ3v) is 0. The third-order valence-electron chi connectivity index (χ3n) is 0. The molecule has 0 N–H and O–H groups in total. The predicted octanol–water partition coefficient (Wildman–Crippen LogP) is -1.20. The molecular weight excluding hydrogens is 843 g/mol. The van der Waals surface area contributed by atoms with Gasteiger partial charge in [0, 0.05) is 137 Å². The molecule has 0 aliphatic rings. The van der Waals surface area contributed by atoms with E-state index in [1.165, 1.54) is 0 Å². The summed E-state index contributed by atoms with van der Waals surface area (Å²) in [5.74, 6) is 0. The first kappa shape index (κ1) is 62.8. The molecule has 0 aromatic carbocycles. The van der Waals surface area contributed by atoms with Crippen molar-refractivity contribution in [2.45, 2.75) is 0 Å². The van der Waals surface area contributed by atoms with E-state index < -0.39 is 0 Å². The average molecular weight is 846 g/mol. The van der Waals surface area contributed by atoms with E-state index in [9.17, 15) is 0 Å². The van der Waals surface area contributed by atoms with Gasteiger partial charge in [-0.15, -0.1) is 0 Å². The van der Waals surface area contributed by atoms with Crippen LogP contribution >= 0.6 is 0 Å². The van der Waals surface area contributed by atoms with Crippen molar-refractivity contribution in [2.24, 2.45) is 0 Å². The second-order valence-corrected chi connectivity index (χ2v) is 0. The minimum atomic E-state index is 0. The molecule has 0 fully saturated rings. The number of hydrogen-bond acceptors (Lipinski definition) is 0. The monoisotopic (exact) mass is 847 g/mol. The third kappa shape index (κ3) is 37.5.